The molecule has 0 radical (unpaired) electrons. The van der Waals surface area contributed by atoms with Crippen molar-refractivity contribution in [3.05, 3.63) is 24.0 Å². The number of hydrogen-bond donors (Lipinski definition) is 0. The van der Waals surface area contributed by atoms with E-state index < -0.39 is 5.60 Å². The molecule has 47 heavy (non-hydrogen) atoms. The summed E-state index contributed by atoms with van der Waals surface area (Å²) >= 11 is 6.71. The second-order valence-corrected chi connectivity index (χ2v) is 14.8. The summed E-state index contributed by atoms with van der Waals surface area (Å²) in [4.78, 5) is 0. The molecule has 0 aromatic rings. The van der Waals surface area contributed by atoms with Gasteiger partial charge in [0.15, 0.2) is 0 Å². The molecule has 1 aliphatic rings. The predicted molar refractivity (Wildman–Crippen MR) is 208 cm³/mol. The molecule has 0 fully saturated rings. The highest BCUT2D eigenvalue weighted by Gasteiger charge is 2.43. The van der Waals surface area contributed by atoms with Crippen molar-refractivity contribution in [2.75, 3.05) is 25.7 Å². The van der Waals surface area contributed by atoms with Crippen LogP contribution in [0.15, 0.2) is 24.0 Å². The van der Waals surface area contributed by atoms with Gasteiger partial charge in [0, 0.05) is 13.2 Å². The lowest BCUT2D eigenvalue weighted by molar-refractivity contribution is -0.113. The maximum atomic E-state index is 6.71. The van der Waals surface area contributed by atoms with Crippen LogP contribution in [0, 0.1) is 0 Å². The van der Waals surface area contributed by atoms with E-state index in [-0.39, 0.29) is 6.10 Å². The molecule has 0 aliphatic heterocycles. The Hall–Kier alpha value is -0.510. The number of ether oxygens (including phenoxy) is 3. The highest BCUT2D eigenvalue weighted by Crippen LogP contribution is 2.33. The van der Waals surface area contributed by atoms with Crippen molar-refractivity contribution in [3.63, 3.8) is 0 Å². The number of hydrogen-bond acceptors (Lipinski definition) is 3. The number of unbranched alkanes of at least 4 members (excludes halogenated alkanes) is 27. The Morgan fingerprint density at radius 3 is 1.26 bits per heavy atom. The molecule has 0 aromatic carbocycles. The molecule has 0 N–H and O–H groups in total. The normalized spacial score (nSPS) is 17.8. The quantitative estimate of drug-likeness (QED) is 0.0483. The Kier molecular flexibility index (Phi) is 32.2. The summed E-state index contributed by atoms with van der Waals surface area (Å²) in [5.74, 6) is 1.28. The van der Waals surface area contributed by atoms with Crippen LogP contribution >= 0.6 is 11.6 Å². The second kappa shape index (κ2) is 34.0. The molecule has 0 aromatic heterocycles. The molecule has 0 amide bonds. The Morgan fingerprint density at radius 1 is 0.489 bits per heavy atom. The molecule has 2 unspecified atom stereocenters. The van der Waals surface area contributed by atoms with Crippen LogP contribution in [-0.2, 0) is 14.2 Å². The van der Waals surface area contributed by atoms with Gasteiger partial charge in [0.05, 0.1) is 12.5 Å². The molecule has 3 nitrogen and oxygen atoms in total. The van der Waals surface area contributed by atoms with Crippen LogP contribution in [0.3, 0.4) is 0 Å². The van der Waals surface area contributed by atoms with Crippen LogP contribution in [0.5, 0.6) is 0 Å². The molecule has 0 saturated heterocycles. The van der Waals surface area contributed by atoms with Crippen LogP contribution in [0.2, 0.25) is 0 Å². The van der Waals surface area contributed by atoms with E-state index in [1.165, 1.54) is 173 Å². The summed E-state index contributed by atoms with van der Waals surface area (Å²) in [7, 11) is 0. The Bertz CT molecular complexity index is 707. The van der Waals surface area contributed by atoms with Crippen molar-refractivity contribution >= 4 is 11.6 Å². The molecule has 1 rings (SSSR count). The van der Waals surface area contributed by atoms with Gasteiger partial charge in [-0.3, -0.25) is 0 Å². The largest absolute Gasteiger partial charge is 0.495 e. The van der Waals surface area contributed by atoms with Crippen LogP contribution < -0.4 is 0 Å². The first-order valence-corrected chi connectivity index (χ1v) is 21.6. The van der Waals surface area contributed by atoms with E-state index in [9.17, 15) is 0 Å². The van der Waals surface area contributed by atoms with Gasteiger partial charge in [0.25, 0.3) is 0 Å². The van der Waals surface area contributed by atoms with Crippen molar-refractivity contribution in [1.82, 2.24) is 0 Å². The van der Waals surface area contributed by atoms with E-state index >= 15 is 0 Å². The fourth-order valence-electron chi connectivity index (χ4n) is 6.77. The lowest BCUT2D eigenvalue weighted by Gasteiger charge is -2.39. The SMILES string of the molecule is CCCCCCCCCCCCOC1=CC=CC(CCl)(OCCCCCCCCCCCC)C1OCCCCCCCCCCCC. The summed E-state index contributed by atoms with van der Waals surface area (Å²) in [6.45, 7) is 9.06. The zero-order valence-electron chi connectivity index (χ0n) is 32.0. The zero-order valence-corrected chi connectivity index (χ0v) is 32.7. The van der Waals surface area contributed by atoms with Gasteiger partial charge < -0.3 is 14.2 Å². The van der Waals surface area contributed by atoms with Crippen molar-refractivity contribution in [3.8, 4) is 0 Å². The summed E-state index contributed by atoms with van der Waals surface area (Å²) in [5.41, 5.74) is -0.652. The van der Waals surface area contributed by atoms with Gasteiger partial charge in [-0.05, 0) is 31.4 Å². The molecule has 0 saturated carbocycles. The molecule has 2 atom stereocenters. The first kappa shape index (κ1) is 44.5. The standard InChI is InChI=1S/C43H81ClO3/c1-4-7-10-13-16-19-22-25-28-31-37-45-41-35-34-36-43(40-44,47-39-33-30-27-24-21-18-15-12-9-6-3)42(41)46-38-32-29-26-23-20-17-14-11-8-5-2/h34-36,42H,4-33,37-40H2,1-3H3. The lowest BCUT2D eigenvalue weighted by Crippen LogP contribution is -2.49. The van der Waals surface area contributed by atoms with Gasteiger partial charge in [-0.15, -0.1) is 11.6 Å². The van der Waals surface area contributed by atoms with Crippen molar-refractivity contribution in [2.45, 2.75) is 225 Å². The summed E-state index contributed by atoms with van der Waals surface area (Å²) in [6.07, 6.45) is 45.8. The lowest BCUT2D eigenvalue weighted by atomic mass is 9.91. The van der Waals surface area contributed by atoms with E-state index in [1.54, 1.807) is 0 Å². The first-order chi connectivity index (χ1) is 23.2. The highest BCUT2D eigenvalue weighted by molar-refractivity contribution is 6.18. The summed E-state index contributed by atoms with van der Waals surface area (Å²) in [6, 6.07) is 0. The summed E-state index contributed by atoms with van der Waals surface area (Å²) in [5, 5.41) is 0. The topological polar surface area (TPSA) is 27.7 Å². The minimum Gasteiger partial charge on any atom is -0.495 e. The van der Waals surface area contributed by atoms with Crippen molar-refractivity contribution < 1.29 is 14.2 Å². The molecule has 1 aliphatic carbocycles. The van der Waals surface area contributed by atoms with E-state index in [0.717, 1.165) is 44.8 Å². The van der Waals surface area contributed by atoms with Crippen LogP contribution in [0.4, 0.5) is 0 Å². The first-order valence-electron chi connectivity index (χ1n) is 21.1. The van der Waals surface area contributed by atoms with Crippen molar-refractivity contribution in [1.29, 1.82) is 0 Å². The molecule has 278 valence electrons. The minimum atomic E-state index is -0.652. The molecular weight excluding hydrogens is 600 g/mol. The van der Waals surface area contributed by atoms with Gasteiger partial charge in [-0.25, -0.2) is 0 Å². The number of rotatable bonds is 37. The minimum absolute atomic E-state index is 0.269. The molecule has 4 heteroatoms. The van der Waals surface area contributed by atoms with E-state index in [2.05, 4.69) is 39.0 Å². The Labute approximate surface area is 299 Å². The molecule has 0 spiro atoms. The van der Waals surface area contributed by atoms with Gasteiger partial charge in [-0.1, -0.05) is 200 Å². The van der Waals surface area contributed by atoms with E-state index in [0.29, 0.717) is 5.88 Å². The third-order valence-corrected chi connectivity index (χ3v) is 10.4. The third kappa shape index (κ3) is 24.3. The maximum Gasteiger partial charge on any atom is 0.148 e. The van der Waals surface area contributed by atoms with Crippen molar-refractivity contribution in [2.24, 2.45) is 0 Å². The smallest absolute Gasteiger partial charge is 0.148 e. The van der Waals surface area contributed by atoms with Gasteiger partial charge >= 0.3 is 0 Å². The van der Waals surface area contributed by atoms with Crippen LogP contribution in [-0.4, -0.2) is 37.4 Å². The molecular formula is C43H81ClO3. The second-order valence-electron chi connectivity index (χ2n) is 14.5. The monoisotopic (exact) mass is 681 g/mol. The average molecular weight is 682 g/mol. The highest BCUT2D eigenvalue weighted by atomic mass is 35.5. The third-order valence-electron chi connectivity index (χ3n) is 9.97. The number of halogens is 1. The van der Waals surface area contributed by atoms with Gasteiger partial charge in [0.2, 0.25) is 0 Å². The number of alkyl halides is 1. The van der Waals surface area contributed by atoms with E-state index in [4.69, 9.17) is 25.8 Å². The Balaban J connectivity index is 2.47. The average Bonchev–Trinajstić information content (AvgIpc) is 3.09. The van der Waals surface area contributed by atoms with E-state index in [1.807, 2.05) is 0 Å². The molecule has 0 bridgehead atoms. The zero-order chi connectivity index (χ0) is 33.9. The van der Waals surface area contributed by atoms with Gasteiger partial charge in [0.1, 0.15) is 17.5 Å². The predicted octanol–water partition coefficient (Wildman–Crippen LogP) is 14.6. The summed E-state index contributed by atoms with van der Waals surface area (Å²) < 4.78 is 19.7. The molecule has 0 heterocycles. The van der Waals surface area contributed by atoms with Crippen LogP contribution in [0.25, 0.3) is 0 Å². The maximum absolute atomic E-state index is 6.71. The van der Waals surface area contributed by atoms with Crippen LogP contribution in [0.1, 0.15) is 213 Å². The fourth-order valence-corrected chi connectivity index (χ4v) is 7.07. The Morgan fingerprint density at radius 2 is 0.851 bits per heavy atom. The van der Waals surface area contributed by atoms with Gasteiger partial charge in [-0.2, -0.15) is 0 Å². The number of allylic oxidation sites excluding steroid dienone is 2. The fraction of sp³-hybridized carbons (Fsp3) is 0.907.